The average Bonchev–Trinajstić information content (AvgIpc) is 2.57. The normalized spacial score (nSPS) is 16.0. The number of rotatable bonds is 3. The maximum atomic E-state index is 13.0. The summed E-state index contributed by atoms with van der Waals surface area (Å²) in [5, 5.41) is 0. The van der Waals surface area contributed by atoms with Crippen LogP contribution in [0.4, 0.5) is 0 Å². The van der Waals surface area contributed by atoms with E-state index < -0.39 is 10.8 Å². The van der Waals surface area contributed by atoms with Crippen molar-refractivity contribution in [3.8, 4) is 0 Å². The van der Waals surface area contributed by atoms with Gasteiger partial charge in [0.1, 0.15) is 0 Å². The molecule has 3 rings (SSSR count). The summed E-state index contributed by atoms with van der Waals surface area (Å²) >= 11 is 0. The Morgan fingerprint density at radius 3 is 1.77 bits per heavy atom. The summed E-state index contributed by atoms with van der Waals surface area (Å²) in [5.41, 5.74) is 2.01. The minimum Gasteiger partial charge on any atom is -0.340 e. The van der Waals surface area contributed by atoms with Crippen molar-refractivity contribution < 1.29 is 9.00 Å². The Balaban J connectivity index is 1.92. The Morgan fingerprint density at radius 1 is 0.864 bits per heavy atom. The fraction of sp³-hybridized carbons (Fsp3) is 0.278. The predicted molar refractivity (Wildman–Crippen MR) is 89.2 cm³/mol. The molecule has 114 valence electrons. The lowest BCUT2D eigenvalue weighted by Crippen LogP contribution is -2.44. The molecule has 0 spiro atoms. The molecule has 1 saturated heterocycles. The van der Waals surface area contributed by atoms with E-state index in [1.807, 2.05) is 65.6 Å². The van der Waals surface area contributed by atoms with Gasteiger partial charge in [-0.3, -0.25) is 9.00 Å². The summed E-state index contributed by atoms with van der Waals surface area (Å²) in [6, 6.07) is 19.8. The van der Waals surface area contributed by atoms with Gasteiger partial charge in [0.2, 0.25) is 5.91 Å². The Morgan fingerprint density at radius 2 is 1.32 bits per heavy atom. The van der Waals surface area contributed by atoms with Crippen LogP contribution in [0, 0.1) is 0 Å². The van der Waals surface area contributed by atoms with E-state index in [-0.39, 0.29) is 11.8 Å². The van der Waals surface area contributed by atoms with Gasteiger partial charge in [-0.15, -0.1) is 0 Å². The number of carbonyl (C=O) groups is 1. The van der Waals surface area contributed by atoms with Crippen molar-refractivity contribution in [2.24, 2.45) is 0 Å². The molecule has 3 nitrogen and oxygen atoms in total. The van der Waals surface area contributed by atoms with Crippen molar-refractivity contribution in [3.63, 3.8) is 0 Å². The molecule has 0 saturated carbocycles. The molecule has 2 aromatic carbocycles. The van der Waals surface area contributed by atoms with Gasteiger partial charge in [0.25, 0.3) is 0 Å². The van der Waals surface area contributed by atoms with Crippen molar-refractivity contribution in [3.05, 3.63) is 71.8 Å². The van der Waals surface area contributed by atoms with Crippen LogP contribution in [0.1, 0.15) is 17.0 Å². The van der Waals surface area contributed by atoms with E-state index in [2.05, 4.69) is 0 Å². The standard InChI is InChI=1S/C18H19NO2S/c20-18(19-11-13-22(21)14-12-19)17(15-7-3-1-4-8-15)16-9-5-2-6-10-16/h1-10,17H,11-14H2. The largest absolute Gasteiger partial charge is 0.340 e. The monoisotopic (exact) mass is 313 g/mol. The van der Waals surface area contributed by atoms with Gasteiger partial charge in [-0.25, -0.2) is 0 Å². The van der Waals surface area contributed by atoms with Gasteiger partial charge in [0, 0.05) is 35.4 Å². The third-order valence-corrected chi connectivity index (χ3v) is 5.28. The molecule has 0 bridgehead atoms. The van der Waals surface area contributed by atoms with E-state index in [1.54, 1.807) is 0 Å². The second kappa shape index (κ2) is 6.88. The van der Waals surface area contributed by atoms with Crippen molar-refractivity contribution in [2.75, 3.05) is 24.6 Å². The highest BCUT2D eigenvalue weighted by molar-refractivity contribution is 7.85. The molecule has 0 radical (unpaired) electrons. The van der Waals surface area contributed by atoms with E-state index in [4.69, 9.17) is 0 Å². The molecule has 1 heterocycles. The molecule has 0 aliphatic carbocycles. The molecule has 0 atom stereocenters. The maximum Gasteiger partial charge on any atom is 0.234 e. The smallest absolute Gasteiger partial charge is 0.234 e. The van der Waals surface area contributed by atoms with Crippen LogP contribution in [0.25, 0.3) is 0 Å². The predicted octanol–water partition coefficient (Wildman–Crippen LogP) is 2.41. The van der Waals surface area contributed by atoms with E-state index in [0.29, 0.717) is 24.6 Å². The first-order valence-corrected chi connectivity index (χ1v) is 8.98. The third-order valence-electron chi connectivity index (χ3n) is 4.00. The van der Waals surface area contributed by atoms with Gasteiger partial charge >= 0.3 is 0 Å². The number of carbonyl (C=O) groups excluding carboxylic acids is 1. The van der Waals surface area contributed by atoms with Crippen molar-refractivity contribution in [2.45, 2.75) is 5.92 Å². The minimum absolute atomic E-state index is 0.106. The van der Waals surface area contributed by atoms with Crippen LogP contribution in [0.5, 0.6) is 0 Å². The molecule has 2 aromatic rings. The molecule has 0 aromatic heterocycles. The maximum absolute atomic E-state index is 13.0. The van der Waals surface area contributed by atoms with E-state index in [0.717, 1.165) is 11.1 Å². The number of benzene rings is 2. The molecule has 1 amide bonds. The van der Waals surface area contributed by atoms with Gasteiger partial charge in [0.05, 0.1) is 5.92 Å². The molecular formula is C18H19NO2S. The summed E-state index contributed by atoms with van der Waals surface area (Å²) < 4.78 is 11.5. The zero-order valence-corrected chi connectivity index (χ0v) is 13.2. The van der Waals surface area contributed by atoms with Crippen LogP contribution in [0.2, 0.25) is 0 Å². The van der Waals surface area contributed by atoms with E-state index in [9.17, 15) is 9.00 Å². The summed E-state index contributed by atoms with van der Waals surface area (Å²) in [4.78, 5) is 14.9. The van der Waals surface area contributed by atoms with Crippen molar-refractivity contribution in [1.29, 1.82) is 0 Å². The third kappa shape index (κ3) is 3.28. The molecule has 1 aliphatic heterocycles. The van der Waals surface area contributed by atoms with Crippen LogP contribution in [0.3, 0.4) is 0 Å². The highest BCUT2D eigenvalue weighted by Crippen LogP contribution is 2.27. The fourth-order valence-corrected chi connectivity index (χ4v) is 3.86. The summed E-state index contributed by atoms with van der Waals surface area (Å²) in [6.45, 7) is 1.17. The summed E-state index contributed by atoms with van der Waals surface area (Å²) in [6.07, 6.45) is 0. The van der Waals surface area contributed by atoms with Crippen LogP contribution >= 0.6 is 0 Å². The van der Waals surface area contributed by atoms with Crippen molar-refractivity contribution >= 4 is 16.7 Å². The Hall–Kier alpha value is -1.94. The first kappa shape index (κ1) is 15.0. The number of hydrogen-bond acceptors (Lipinski definition) is 2. The minimum atomic E-state index is -0.774. The lowest BCUT2D eigenvalue weighted by Gasteiger charge is -2.30. The quantitative estimate of drug-likeness (QED) is 0.872. The first-order chi connectivity index (χ1) is 10.8. The van der Waals surface area contributed by atoms with Gasteiger partial charge in [0.15, 0.2) is 0 Å². The lowest BCUT2D eigenvalue weighted by molar-refractivity contribution is -0.131. The molecular weight excluding hydrogens is 294 g/mol. The highest BCUT2D eigenvalue weighted by atomic mass is 32.2. The van der Waals surface area contributed by atoms with Crippen molar-refractivity contribution in [1.82, 2.24) is 4.90 Å². The molecule has 1 aliphatic rings. The van der Waals surface area contributed by atoms with Gasteiger partial charge in [-0.05, 0) is 11.1 Å². The SMILES string of the molecule is O=C(C(c1ccccc1)c1ccccc1)N1CCS(=O)CC1. The topological polar surface area (TPSA) is 37.4 Å². The Kier molecular flexibility index (Phi) is 4.68. The zero-order valence-electron chi connectivity index (χ0n) is 12.4. The fourth-order valence-electron chi connectivity index (χ4n) is 2.81. The first-order valence-electron chi connectivity index (χ1n) is 7.49. The van der Waals surface area contributed by atoms with E-state index in [1.165, 1.54) is 0 Å². The molecule has 0 N–H and O–H groups in total. The Labute approximate surface area is 133 Å². The van der Waals surface area contributed by atoms with E-state index >= 15 is 0 Å². The van der Waals surface area contributed by atoms with Crippen LogP contribution in [0.15, 0.2) is 60.7 Å². The van der Waals surface area contributed by atoms with Gasteiger partial charge in [-0.2, -0.15) is 0 Å². The second-order valence-corrected chi connectivity index (χ2v) is 7.12. The molecule has 4 heteroatoms. The second-order valence-electron chi connectivity index (χ2n) is 5.43. The molecule has 22 heavy (non-hydrogen) atoms. The summed E-state index contributed by atoms with van der Waals surface area (Å²) in [5.74, 6) is 0.993. The number of amides is 1. The van der Waals surface area contributed by atoms with Crippen LogP contribution in [-0.2, 0) is 15.6 Å². The average molecular weight is 313 g/mol. The number of hydrogen-bond donors (Lipinski definition) is 0. The highest BCUT2D eigenvalue weighted by Gasteiger charge is 2.29. The number of nitrogens with zero attached hydrogens (tertiary/aromatic N) is 1. The molecule has 1 fully saturated rings. The van der Waals surface area contributed by atoms with Crippen LogP contribution < -0.4 is 0 Å². The lowest BCUT2D eigenvalue weighted by atomic mass is 9.90. The zero-order chi connectivity index (χ0) is 15.4. The molecule has 0 unspecified atom stereocenters. The van der Waals surface area contributed by atoms with Crippen LogP contribution in [-0.4, -0.2) is 39.6 Å². The van der Waals surface area contributed by atoms with Gasteiger partial charge < -0.3 is 4.90 Å². The summed E-state index contributed by atoms with van der Waals surface area (Å²) in [7, 11) is -0.774. The Bertz CT molecular complexity index is 608. The van der Waals surface area contributed by atoms with Gasteiger partial charge in [-0.1, -0.05) is 60.7 Å².